The number of rotatable bonds is 9. The van der Waals surface area contributed by atoms with Gasteiger partial charge in [-0.2, -0.15) is 0 Å². The highest BCUT2D eigenvalue weighted by Crippen LogP contribution is 2.46. The van der Waals surface area contributed by atoms with Crippen molar-refractivity contribution >= 4 is 5.78 Å². The first-order chi connectivity index (χ1) is 24.7. The molecule has 4 aliphatic heterocycles. The third-order valence-corrected chi connectivity index (χ3v) is 9.56. The van der Waals surface area contributed by atoms with Crippen LogP contribution in [0.25, 0.3) is 0 Å². The molecule has 16 atom stereocenters. The zero-order valence-corrected chi connectivity index (χ0v) is 27.5. The topological polar surface area (TPSA) is 304 Å². The van der Waals surface area contributed by atoms with E-state index < -0.39 is 123 Å². The van der Waals surface area contributed by atoms with Gasteiger partial charge in [0.25, 0.3) is 0 Å². The van der Waals surface area contributed by atoms with Crippen molar-refractivity contribution < 1.29 is 94.1 Å². The van der Waals surface area contributed by atoms with Crippen LogP contribution in [0.2, 0.25) is 0 Å². The number of hydrogen-bond donors (Lipinski definition) is 11. The number of aliphatic hydroxyl groups excluding tert-OH is 9. The van der Waals surface area contributed by atoms with E-state index in [9.17, 15) is 61.0 Å². The number of benzene rings is 2. The predicted molar refractivity (Wildman–Crippen MR) is 167 cm³/mol. The number of carbonyl (C=O) groups is 1. The van der Waals surface area contributed by atoms with Crippen molar-refractivity contribution in [1.82, 2.24) is 0 Å². The fraction of sp³-hybridized carbons (Fsp3) is 0.606. The van der Waals surface area contributed by atoms with E-state index in [-0.39, 0.29) is 29.2 Å². The molecule has 0 aliphatic carbocycles. The summed E-state index contributed by atoms with van der Waals surface area (Å²) in [6, 6.07) is 8.26. The normalized spacial score (nSPS) is 40.8. The number of hydrogen-bond acceptors (Lipinski definition) is 19. The molecular formula is C33H42O19. The highest BCUT2D eigenvalue weighted by Gasteiger charge is 2.54. The van der Waals surface area contributed by atoms with Crippen molar-refractivity contribution in [3.05, 3.63) is 47.5 Å². The Morgan fingerprint density at radius 1 is 0.673 bits per heavy atom. The summed E-state index contributed by atoms with van der Waals surface area (Å²) in [5.74, 6) is -1.39. The zero-order valence-electron chi connectivity index (χ0n) is 27.5. The van der Waals surface area contributed by atoms with E-state index in [0.717, 1.165) is 6.07 Å². The molecular weight excluding hydrogens is 700 g/mol. The second-order valence-electron chi connectivity index (χ2n) is 13.0. The number of ether oxygens (including phenoxy) is 7. The molecule has 0 radical (unpaired) electrons. The van der Waals surface area contributed by atoms with Crippen molar-refractivity contribution in [1.29, 1.82) is 0 Å². The van der Waals surface area contributed by atoms with Gasteiger partial charge in [-0.25, -0.2) is 0 Å². The molecule has 3 fully saturated rings. The van der Waals surface area contributed by atoms with E-state index in [4.69, 9.17) is 33.2 Å². The van der Waals surface area contributed by atoms with Gasteiger partial charge in [0.15, 0.2) is 36.0 Å². The van der Waals surface area contributed by atoms with Crippen LogP contribution in [-0.4, -0.2) is 167 Å². The fourth-order valence-electron chi connectivity index (χ4n) is 6.53. The number of phenols is 2. The monoisotopic (exact) mass is 742 g/mol. The molecule has 19 nitrogen and oxygen atoms in total. The number of fused-ring (bicyclic) bond motifs is 1. The van der Waals surface area contributed by atoms with Gasteiger partial charge in [-0.15, -0.1) is 0 Å². The average molecular weight is 743 g/mol. The minimum absolute atomic E-state index is 0.0215. The average Bonchev–Trinajstić information content (AvgIpc) is 3.12. The molecule has 4 aliphatic rings. The Hall–Kier alpha value is -3.25. The molecule has 3 saturated heterocycles. The Balaban J connectivity index is 1.30. The van der Waals surface area contributed by atoms with Gasteiger partial charge in [-0.05, 0) is 36.8 Å². The number of phenolic OH excluding ortho intramolecular Hbond substituents is 2. The van der Waals surface area contributed by atoms with Crippen LogP contribution in [0, 0.1) is 0 Å². The predicted octanol–water partition coefficient (Wildman–Crippen LogP) is -3.34. The minimum atomic E-state index is -1.93. The lowest BCUT2D eigenvalue weighted by molar-refractivity contribution is -0.386. The van der Waals surface area contributed by atoms with Crippen molar-refractivity contribution in [2.24, 2.45) is 0 Å². The fourth-order valence-corrected chi connectivity index (χ4v) is 6.53. The smallest absolute Gasteiger partial charge is 0.229 e. The molecule has 288 valence electrons. The van der Waals surface area contributed by atoms with Crippen LogP contribution < -0.4 is 9.47 Å². The molecule has 52 heavy (non-hydrogen) atoms. The molecule has 0 saturated carbocycles. The van der Waals surface area contributed by atoms with Gasteiger partial charge in [-0.3, -0.25) is 4.79 Å². The Bertz CT molecular complexity index is 1540. The number of aliphatic hydroxyl groups is 9. The number of Topliss-reactive ketones (excluding diaryl/α,β-unsaturated/α-hetero) is 1. The molecule has 0 spiro atoms. The first-order valence-corrected chi connectivity index (χ1v) is 16.5. The third-order valence-electron chi connectivity index (χ3n) is 9.56. The second-order valence-corrected chi connectivity index (χ2v) is 13.0. The summed E-state index contributed by atoms with van der Waals surface area (Å²) in [7, 11) is 0. The summed E-state index contributed by atoms with van der Waals surface area (Å²) in [5.41, 5.74) is 0.282. The van der Waals surface area contributed by atoms with E-state index in [1.165, 1.54) is 25.1 Å². The molecule has 0 bridgehead atoms. The Kier molecular flexibility index (Phi) is 11.6. The van der Waals surface area contributed by atoms with E-state index in [2.05, 4.69) is 0 Å². The largest absolute Gasteiger partial charge is 0.508 e. The van der Waals surface area contributed by atoms with Gasteiger partial charge in [0, 0.05) is 0 Å². The van der Waals surface area contributed by atoms with Crippen LogP contribution in [0.15, 0.2) is 36.4 Å². The van der Waals surface area contributed by atoms with Crippen LogP contribution in [0.4, 0.5) is 0 Å². The van der Waals surface area contributed by atoms with Crippen molar-refractivity contribution in [3.63, 3.8) is 0 Å². The summed E-state index contributed by atoms with van der Waals surface area (Å²) in [6.07, 6.45) is -26.6. The van der Waals surface area contributed by atoms with E-state index in [1.807, 2.05) is 0 Å². The lowest BCUT2D eigenvalue weighted by atomic mass is 9.95. The van der Waals surface area contributed by atoms with E-state index in [0.29, 0.717) is 5.56 Å². The quantitative estimate of drug-likeness (QED) is 0.120. The molecule has 2 aromatic rings. The van der Waals surface area contributed by atoms with Gasteiger partial charge in [0.05, 0.1) is 25.7 Å². The maximum absolute atomic E-state index is 13.3. The Morgan fingerprint density at radius 2 is 1.25 bits per heavy atom. The zero-order chi connectivity index (χ0) is 37.6. The second kappa shape index (κ2) is 15.6. The molecule has 6 rings (SSSR count). The van der Waals surface area contributed by atoms with Crippen molar-refractivity contribution in [2.75, 3.05) is 13.2 Å². The van der Waals surface area contributed by atoms with Crippen LogP contribution in [0.5, 0.6) is 23.0 Å². The summed E-state index contributed by atoms with van der Waals surface area (Å²) < 4.78 is 40.9. The number of carbonyl (C=O) groups excluding carboxylic acids is 1. The molecule has 4 heterocycles. The molecule has 11 N–H and O–H groups in total. The molecule has 19 heteroatoms. The van der Waals surface area contributed by atoms with Crippen LogP contribution in [0.3, 0.4) is 0 Å². The lowest BCUT2D eigenvalue weighted by Gasteiger charge is -2.48. The first-order valence-electron chi connectivity index (χ1n) is 16.5. The first kappa shape index (κ1) is 38.5. The van der Waals surface area contributed by atoms with Gasteiger partial charge in [0.2, 0.25) is 6.29 Å². The summed E-state index contributed by atoms with van der Waals surface area (Å²) in [6.45, 7) is -0.232. The maximum atomic E-state index is 13.3. The van der Waals surface area contributed by atoms with Crippen molar-refractivity contribution in [2.45, 2.75) is 112 Å². The summed E-state index contributed by atoms with van der Waals surface area (Å²) in [4.78, 5) is 13.3. The highest BCUT2D eigenvalue weighted by molar-refractivity contribution is 6.03. The maximum Gasteiger partial charge on any atom is 0.229 e. The van der Waals surface area contributed by atoms with Gasteiger partial charge in [0.1, 0.15) is 84.2 Å². The van der Waals surface area contributed by atoms with Gasteiger partial charge in [-0.1, -0.05) is 12.1 Å². The molecule has 0 amide bonds. The van der Waals surface area contributed by atoms with Crippen LogP contribution >= 0.6 is 0 Å². The molecule has 0 unspecified atom stereocenters. The Labute approximate surface area is 295 Å². The van der Waals surface area contributed by atoms with Crippen LogP contribution in [0.1, 0.15) is 35.4 Å². The number of aromatic hydroxyl groups is 2. The highest BCUT2D eigenvalue weighted by atomic mass is 16.8. The Morgan fingerprint density at radius 3 is 1.90 bits per heavy atom. The third kappa shape index (κ3) is 7.30. The molecule has 2 aromatic carbocycles. The lowest BCUT2D eigenvalue weighted by Crippen LogP contribution is -2.66. The number of ketones is 1. The van der Waals surface area contributed by atoms with E-state index >= 15 is 0 Å². The van der Waals surface area contributed by atoms with E-state index in [1.54, 1.807) is 12.1 Å². The summed E-state index contributed by atoms with van der Waals surface area (Å²) in [5, 5.41) is 115. The van der Waals surface area contributed by atoms with Gasteiger partial charge >= 0.3 is 0 Å². The standard InChI is InChI=1S/C33H42O19/c1-11-21(39)25(43)29(51-31-27(45)24(42)22(40)18(9-34)49-31)32(46-11)52-30-26(44)23(41)19(10-35)50-33(30)48-16-7-6-14(37)20-15(38)8-17(47-28(16)20)12-2-4-13(36)5-3-12/h2-7,11,17-19,21-27,29-37,39-45H,8-10H2,1H3/t11-,17-,18+,19+,21-,22+,23+,24-,25+,26-,27+,29+,30+,31-,32-,33+/m0/s1. The molecule has 0 aromatic heterocycles. The van der Waals surface area contributed by atoms with Crippen molar-refractivity contribution in [3.8, 4) is 23.0 Å². The van der Waals surface area contributed by atoms with Gasteiger partial charge < -0.3 is 89.3 Å². The minimum Gasteiger partial charge on any atom is -0.508 e. The SMILES string of the molecule is C[C@@H]1O[C@@H](O[C@H]2[C@H](Oc3ccc(O)c4c3O[C@H](c3ccc(O)cc3)CC4=O)O[C@H](CO)[C@@H](O)[C@@H]2O)[C@H](O[C@@H]2O[C@H](CO)[C@@H](O)[C@H](O)[C@H]2O)[C@H](O)[C@H]1O. The summed E-state index contributed by atoms with van der Waals surface area (Å²) >= 11 is 0. The van der Waals surface area contributed by atoms with Crippen LogP contribution in [-0.2, 0) is 23.7 Å².